The Hall–Kier alpha value is -1.52. The lowest BCUT2D eigenvalue weighted by molar-refractivity contribution is -0.0302. The van der Waals surface area contributed by atoms with E-state index in [4.69, 9.17) is 9.05 Å². The summed E-state index contributed by atoms with van der Waals surface area (Å²) in [5.74, 6) is 0. The van der Waals surface area contributed by atoms with Crippen LogP contribution >= 0.6 is 7.75 Å². The van der Waals surface area contributed by atoms with Gasteiger partial charge in [-0.15, -0.1) is 0 Å². The molecule has 0 bridgehead atoms. The highest BCUT2D eigenvalue weighted by molar-refractivity contribution is 7.51. The Morgan fingerprint density at radius 3 is 2.74 bits per heavy atom. The third-order valence-corrected chi connectivity index (χ3v) is 5.37. The fourth-order valence-electron chi connectivity index (χ4n) is 2.55. The molecular formula is C17H21N2O3P. The largest absolute Gasteiger partial charge is 0.406 e. The second kappa shape index (κ2) is 6.54. The van der Waals surface area contributed by atoms with Crippen LogP contribution in [-0.4, -0.2) is 11.6 Å². The average Bonchev–Trinajstić information content (AvgIpc) is 2.58. The lowest BCUT2D eigenvalue weighted by Crippen LogP contribution is -2.35. The molecule has 2 heterocycles. The first-order valence-electron chi connectivity index (χ1n) is 7.60. The van der Waals surface area contributed by atoms with Crippen molar-refractivity contribution in [3.05, 3.63) is 66.0 Å². The summed E-state index contributed by atoms with van der Waals surface area (Å²) in [6.07, 6.45) is 3.14. The molecule has 0 amide bonds. The van der Waals surface area contributed by atoms with Gasteiger partial charge in [0.15, 0.2) is 0 Å². The predicted octanol–water partition coefficient (Wildman–Crippen LogP) is 4.09. The molecule has 1 saturated heterocycles. The fraction of sp³-hybridized carbons (Fsp3) is 0.353. The Labute approximate surface area is 136 Å². The summed E-state index contributed by atoms with van der Waals surface area (Å²) >= 11 is 0. The Morgan fingerprint density at radius 2 is 2.04 bits per heavy atom. The molecule has 23 heavy (non-hydrogen) atoms. The van der Waals surface area contributed by atoms with E-state index in [1.54, 1.807) is 12.4 Å². The molecule has 0 saturated carbocycles. The first kappa shape index (κ1) is 16.3. The smallest absolute Gasteiger partial charge is 0.296 e. The van der Waals surface area contributed by atoms with Crippen LogP contribution in [0.15, 0.2) is 54.9 Å². The van der Waals surface area contributed by atoms with Crippen LogP contribution in [0, 0.1) is 5.41 Å². The Kier molecular flexibility index (Phi) is 4.64. The minimum atomic E-state index is -3.36. The van der Waals surface area contributed by atoms with Gasteiger partial charge in [0, 0.05) is 24.4 Å². The number of nitrogens with one attached hydrogen (secondary N) is 1. The zero-order valence-corrected chi connectivity index (χ0v) is 14.2. The van der Waals surface area contributed by atoms with E-state index >= 15 is 0 Å². The molecule has 2 aromatic rings. The number of nitrogens with zero attached hydrogens (tertiary/aromatic N) is 1. The van der Waals surface area contributed by atoms with Crippen LogP contribution in [0.2, 0.25) is 0 Å². The summed E-state index contributed by atoms with van der Waals surface area (Å²) in [6.45, 7) is 4.85. The maximum absolute atomic E-state index is 12.9. The van der Waals surface area contributed by atoms with Gasteiger partial charge in [0.1, 0.15) is 6.10 Å². The molecule has 122 valence electrons. The van der Waals surface area contributed by atoms with Gasteiger partial charge in [-0.2, -0.15) is 0 Å². The quantitative estimate of drug-likeness (QED) is 0.855. The number of hydrogen-bond acceptors (Lipinski definition) is 4. The number of benzene rings is 1. The summed E-state index contributed by atoms with van der Waals surface area (Å²) < 4.78 is 24.4. The molecule has 2 unspecified atom stereocenters. The summed E-state index contributed by atoms with van der Waals surface area (Å²) in [6, 6.07) is 13.6. The molecular weight excluding hydrogens is 311 g/mol. The van der Waals surface area contributed by atoms with Gasteiger partial charge in [0.05, 0.1) is 6.61 Å². The van der Waals surface area contributed by atoms with Crippen molar-refractivity contribution in [1.29, 1.82) is 0 Å². The van der Waals surface area contributed by atoms with Gasteiger partial charge in [-0.05, 0) is 17.2 Å². The zero-order valence-electron chi connectivity index (χ0n) is 13.3. The molecule has 1 fully saturated rings. The van der Waals surface area contributed by atoms with Crippen molar-refractivity contribution in [2.24, 2.45) is 5.41 Å². The van der Waals surface area contributed by atoms with Gasteiger partial charge in [0.25, 0.3) is 0 Å². The van der Waals surface area contributed by atoms with Gasteiger partial charge >= 0.3 is 7.75 Å². The molecule has 1 N–H and O–H groups in total. The van der Waals surface area contributed by atoms with E-state index in [1.807, 2.05) is 42.5 Å². The van der Waals surface area contributed by atoms with Crippen molar-refractivity contribution < 1.29 is 13.6 Å². The summed E-state index contributed by atoms with van der Waals surface area (Å²) in [7, 11) is -3.36. The normalized spacial score (nSPS) is 26.8. The van der Waals surface area contributed by atoms with E-state index in [0.717, 1.165) is 11.1 Å². The van der Waals surface area contributed by atoms with Crippen LogP contribution in [0.4, 0.5) is 0 Å². The number of rotatable bonds is 4. The number of pyridine rings is 1. The summed E-state index contributed by atoms with van der Waals surface area (Å²) in [5, 5.41) is 2.92. The summed E-state index contributed by atoms with van der Waals surface area (Å²) in [5.41, 5.74) is 1.67. The van der Waals surface area contributed by atoms with Gasteiger partial charge in [-0.1, -0.05) is 50.2 Å². The van der Waals surface area contributed by atoms with Crippen LogP contribution in [0.1, 0.15) is 31.1 Å². The van der Waals surface area contributed by atoms with Crippen molar-refractivity contribution in [2.45, 2.75) is 26.5 Å². The van der Waals surface area contributed by atoms with Crippen LogP contribution in [0.25, 0.3) is 0 Å². The molecule has 0 aliphatic carbocycles. The maximum atomic E-state index is 12.9. The third-order valence-electron chi connectivity index (χ3n) is 3.86. The Balaban J connectivity index is 1.75. The van der Waals surface area contributed by atoms with Gasteiger partial charge in [-0.25, -0.2) is 9.65 Å². The number of aromatic nitrogens is 1. The van der Waals surface area contributed by atoms with E-state index in [2.05, 4.69) is 23.9 Å². The van der Waals surface area contributed by atoms with Crippen molar-refractivity contribution in [3.63, 3.8) is 0 Å². The second-order valence-electron chi connectivity index (χ2n) is 6.35. The van der Waals surface area contributed by atoms with E-state index in [0.29, 0.717) is 13.2 Å². The Bertz CT molecular complexity index is 691. The van der Waals surface area contributed by atoms with Crippen LogP contribution in [-0.2, 0) is 20.2 Å². The topological polar surface area (TPSA) is 60.5 Å². The van der Waals surface area contributed by atoms with Crippen molar-refractivity contribution >= 4 is 7.75 Å². The van der Waals surface area contributed by atoms with Crippen LogP contribution in [0.5, 0.6) is 0 Å². The first-order valence-corrected chi connectivity index (χ1v) is 9.15. The minimum Gasteiger partial charge on any atom is -0.296 e. The van der Waals surface area contributed by atoms with Gasteiger partial charge in [0.2, 0.25) is 0 Å². The standard InChI is InChI=1S/C17H21N2O3P/c1-17(2)13-21-23(20,19-12-14-7-6-10-18-11-14)22-16(17)15-8-4-3-5-9-15/h3-11,16H,12-13H2,1-2H3,(H,19,20). The highest BCUT2D eigenvalue weighted by atomic mass is 31.2. The van der Waals surface area contributed by atoms with Crippen LogP contribution in [0.3, 0.4) is 0 Å². The second-order valence-corrected chi connectivity index (χ2v) is 8.13. The monoisotopic (exact) mass is 332 g/mol. The summed E-state index contributed by atoms with van der Waals surface area (Å²) in [4.78, 5) is 4.05. The molecule has 2 atom stereocenters. The van der Waals surface area contributed by atoms with Crippen molar-refractivity contribution in [3.8, 4) is 0 Å². The lowest BCUT2D eigenvalue weighted by Gasteiger charge is -2.41. The SMILES string of the molecule is CC1(C)COP(=O)(NCc2cccnc2)OC1c1ccccc1. The highest BCUT2D eigenvalue weighted by Gasteiger charge is 2.44. The van der Waals surface area contributed by atoms with Crippen LogP contribution < -0.4 is 5.09 Å². The molecule has 1 aliphatic heterocycles. The third kappa shape index (κ3) is 3.88. The van der Waals surface area contributed by atoms with Crippen molar-refractivity contribution in [2.75, 3.05) is 6.61 Å². The van der Waals surface area contributed by atoms with Crippen molar-refractivity contribution in [1.82, 2.24) is 10.1 Å². The van der Waals surface area contributed by atoms with Gasteiger partial charge < -0.3 is 0 Å². The molecule has 1 aliphatic rings. The minimum absolute atomic E-state index is 0.259. The molecule has 5 nitrogen and oxygen atoms in total. The van der Waals surface area contributed by atoms with E-state index < -0.39 is 7.75 Å². The Morgan fingerprint density at radius 1 is 1.26 bits per heavy atom. The molecule has 3 rings (SSSR count). The maximum Gasteiger partial charge on any atom is 0.406 e. The van der Waals surface area contributed by atoms with E-state index in [1.165, 1.54) is 0 Å². The highest BCUT2D eigenvalue weighted by Crippen LogP contribution is 2.58. The van der Waals surface area contributed by atoms with Gasteiger partial charge in [-0.3, -0.25) is 14.0 Å². The first-order chi connectivity index (χ1) is 11.0. The molecule has 1 aromatic heterocycles. The van der Waals surface area contributed by atoms with E-state index in [-0.39, 0.29) is 11.5 Å². The number of hydrogen-bond donors (Lipinski definition) is 1. The molecule has 0 spiro atoms. The molecule has 6 heteroatoms. The average molecular weight is 332 g/mol. The molecule has 1 aromatic carbocycles. The molecule has 0 radical (unpaired) electrons. The zero-order chi connectivity index (χ0) is 16.3. The van der Waals surface area contributed by atoms with E-state index in [9.17, 15) is 4.57 Å². The lowest BCUT2D eigenvalue weighted by atomic mass is 9.83. The fourth-order valence-corrected chi connectivity index (χ4v) is 4.34. The predicted molar refractivity (Wildman–Crippen MR) is 88.7 cm³/mol.